The van der Waals surface area contributed by atoms with Crippen LogP contribution in [0.25, 0.3) is 5.57 Å². The van der Waals surface area contributed by atoms with Crippen molar-refractivity contribution in [2.45, 2.75) is 25.8 Å². The van der Waals surface area contributed by atoms with Gasteiger partial charge in [0.25, 0.3) is 6.43 Å². The topological polar surface area (TPSA) is 12.5 Å². The molecule has 0 N–H and O–H groups in total. The van der Waals surface area contributed by atoms with Crippen LogP contribution in [0.15, 0.2) is 66.4 Å². The fourth-order valence-electron chi connectivity index (χ4n) is 3.00. The van der Waals surface area contributed by atoms with Crippen molar-refractivity contribution >= 4 is 5.57 Å². The lowest BCUT2D eigenvalue weighted by atomic mass is 9.91. The number of hydrogen-bond donors (Lipinski definition) is 0. The van der Waals surface area contributed by atoms with Crippen LogP contribution in [0.5, 0.6) is 0 Å². The second kappa shape index (κ2) is 6.73. The van der Waals surface area contributed by atoms with E-state index in [1.54, 1.807) is 0 Å². The molecule has 0 bridgehead atoms. The van der Waals surface area contributed by atoms with Gasteiger partial charge in [-0.1, -0.05) is 60.7 Å². The zero-order chi connectivity index (χ0) is 17.2. The van der Waals surface area contributed by atoms with Crippen molar-refractivity contribution in [3.05, 3.63) is 77.5 Å². The molecular weight excluding hydrogens is 308 g/mol. The lowest BCUT2D eigenvalue weighted by Crippen LogP contribution is -2.46. The molecule has 2 aromatic carbocycles. The molecule has 126 valence electrons. The second-order valence-corrected chi connectivity index (χ2v) is 6.41. The number of allylic oxidation sites excluding steroid dienone is 1. The molecule has 0 atom stereocenters. The SMILES string of the molecule is CC(C)(c1ccccc1)N1COC(C(F)F)=C(c2ccccc2)C1. The van der Waals surface area contributed by atoms with E-state index in [0.717, 1.165) is 11.1 Å². The third kappa shape index (κ3) is 3.20. The third-order valence-corrected chi connectivity index (χ3v) is 4.61. The summed E-state index contributed by atoms with van der Waals surface area (Å²) in [4.78, 5) is 2.08. The van der Waals surface area contributed by atoms with E-state index in [9.17, 15) is 8.78 Å². The molecule has 0 spiro atoms. The van der Waals surface area contributed by atoms with Crippen molar-refractivity contribution in [2.75, 3.05) is 13.3 Å². The van der Waals surface area contributed by atoms with Crippen LogP contribution in [0, 0.1) is 0 Å². The highest BCUT2D eigenvalue weighted by atomic mass is 19.3. The zero-order valence-electron chi connectivity index (χ0n) is 13.9. The van der Waals surface area contributed by atoms with Crippen molar-refractivity contribution in [3.8, 4) is 0 Å². The van der Waals surface area contributed by atoms with Gasteiger partial charge in [0, 0.05) is 17.7 Å². The number of benzene rings is 2. The van der Waals surface area contributed by atoms with Crippen LogP contribution in [0.2, 0.25) is 0 Å². The van der Waals surface area contributed by atoms with Gasteiger partial charge in [-0.3, -0.25) is 4.90 Å². The van der Waals surface area contributed by atoms with E-state index in [0.29, 0.717) is 12.1 Å². The molecule has 0 saturated heterocycles. The molecule has 3 rings (SSSR count). The fraction of sp³-hybridized carbons (Fsp3) is 0.300. The lowest BCUT2D eigenvalue weighted by Gasteiger charge is -2.42. The lowest BCUT2D eigenvalue weighted by molar-refractivity contribution is -0.0285. The summed E-state index contributed by atoms with van der Waals surface area (Å²) in [5, 5.41) is 0. The van der Waals surface area contributed by atoms with Gasteiger partial charge in [0.05, 0.1) is 0 Å². The summed E-state index contributed by atoms with van der Waals surface area (Å²) >= 11 is 0. The summed E-state index contributed by atoms with van der Waals surface area (Å²) in [6.07, 6.45) is -2.61. The minimum Gasteiger partial charge on any atom is -0.476 e. The van der Waals surface area contributed by atoms with Gasteiger partial charge in [0.2, 0.25) is 0 Å². The molecule has 0 aliphatic carbocycles. The Morgan fingerprint density at radius 3 is 2.12 bits per heavy atom. The molecule has 2 nitrogen and oxygen atoms in total. The van der Waals surface area contributed by atoms with E-state index in [2.05, 4.69) is 30.9 Å². The number of hydrogen-bond acceptors (Lipinski definition) is 2. The summed E-state index contributed by atoms with van der Waals surface area (Å²) in [6, 6.07) is 19.3. The summed E-state index contributed by atoms with van der Waals surface area (Å²) in [5.41, 5.74) is 2.14. The van der Waals surface area contributed by atoms with Gasteiger partial charge in [-0.25, -0.2) is 8.78 Å². The molecular formula is C20H21F2NO. The normalized spacial score (nSPS) is 16.4. The number of nitrogens with zero attached hydrogens (tertiary/aromatic N) is 1. The van der Waals surface area contributed by atoms with Crippen LogP contribution in [0.4, 0.5) is 8.78 Å². The Labute approximate surface area is 141 Å². The van der Waals surface area contributed by atoms with Crippen LogP contribution < -0.4 is 0 Å². The summed E-state index contributed by atoms with van der Waals surface area (Å²) in [7, 11) is 0. The minimum atomic E-state index is -2.61. The highest BCUT2D eigenvalue weighted by Crippen LogP contribution is 2.35. The standard InChI is InChI=1S/C20H21F2NO/c1-20(2,16-11-7-4-8-12-16)23-13-17(15-9-5-3-6-10-15)18(19(21)22)24-14-23/h3-12,19H,13-14H2,1-2H3. The van der Waals surface area contributed by atoms with Crippen LogP contribution in [-0.2, 0) is 10.3 Å². The quantitative estimate of drug-likeness (QED) is 0.792. The van der Waals surface area contributed by atoms with Crippen molar-refractivity contribution in [3.63, 3.8) is 0 Å². The summed E-state index contributed by atoms with van der Waals surface area (Å²) in [6.45, 7) is 4.74. The molecule has 0 amide bonds. The van der Waals surface area contributed by atoms with Crippen molar-refractivity contribution in [1.29, 1.82) is 0 Å². The predicted octanol–water partition coefficient (Wildman–Crippen LogP) is 4.89. The van der Waals surface area contributed by atoms with E-state index in [1.807, 2.05) is 48.5 Å². The molecule has 0 aromatic heterocycles. The first kappa shape index (κ1) is 16.7. The largest absolute Gasteiger partial charge is 0.476 e. The van der Waals surface area contributed by atoms with Crippen LogP contribution in [0.3, 0.4) is 0 Å². The van der Waals surface area contributed by atoms with Gasteiger partial charge in [-0.05, 0) is 25.0 Å². The van der Waals surface area contributed by atoms with Crippen LogP contribution >= 0.6 is 0 Å². The third-order valence-electron chi connectivity index (χ3n) is 4.61. The molecule has 4 heteroatoms. The predicted molar refractivity (Wildman–Crippen MR) is 91.5 cm³/mol. The maximum Gasteiger partial charge on any atom is 0.295 e. The van der Waals surface area contributed by atoms with E-state index in [4.69, 9.17) is 4.74 Å². The fourth-order valence-corrected chi connectivity index (χ4v) is 3.00. The minimum absolute atomic E-state index is 0.151. The van der Waals surface area contributed by atoms with Gasteiger partial charge >= 0.3 is 0 Å². The van der Waals surface area contributed by atoms with Gasteiger partial charge in [0.15, 0.2) is 5.76 Å². The Kier molecular flexibility index (Phi) is 4.67. The Balaban J connectivity index is 1.95. The summed E-state index contributed by atoms with van der Waals surface area (Å²) in [5.74, 6) is -0.207. The van der Waals surface area contributed by atoms with Gasteiger partial charge in [-0.2, -0.15) is 0 Å². The average Bonchev–Trinajstić information content (AvgIpc) is 2.62. The molecule has 0 unspecified atom stereocenters. The van der Waals surface area contributed by atoms with Crippen LogP contribution in [-0.4, -0.2) is 24.6 Å². The van der Waals surface area contributed by atoms with Crippen molar-refractivity contribution in [2.24, 2.45) is 0 Å². The molecule has 2 aromatic rings. The first-order chi connectivity index (χ1) is 11.5. The number of alkyl halides is 2. The average molecular weight is 329 g/mol. The molecule has 1 aliphatic rings. The van der Waals surface area contributed by atoms with E-state index in [-0.39, 0.29) is 18.0 Å². The van der Waals surface area contributed by atoms with Crippen LogP contribution in [0.1, 0.15) is 25.0 Å². The Morgan fingerprint density at radius 2 is 1.54 bits per heavy atom. The highest BCUT2D eigenvalue weighted by Gasteiger charge is 2.35. The monoisotopic (exact) mass is 329 g/mol. The Bertz CT molecular complexity index is 711. The number of ether oxygens (including phenoxy) is 1. The molecule has 0 saturated carbocycles. The Morgan fingerprint density at radius 1 is 0.958 bits per heavy atom. The second-order valence-electron chi connectivity index (χ2n) is 6.41. The van der Waals surface area contributed by atoms with E-state index >= 15 is 0 Å². The summed E-state index contributed by atoms with van der Waals surface area (Å²) < 4.78 is 32.3. The van der Waals surface area contributed by atoms with Gasteiger partial charge < -0.3 is 4.74 Å². The van der Waals surface area contributed by atoms with E-state index < -0.39 is 6.43 Å². The molecule has 1 aliphatic heterocycles. The molecule has 24 heavy (non-hydrogen) atoms. The number of rotatable bonds is 4. The Hall–Kier alpha value is -2.20. The van der Waals surface area contributed by atoms with Gasteiger partial charge in [0.1, 0.15) is 6.73 Å². The molecule has 0 fully saturated rings. The van der Waals surface area contributed by atoms with Crippen molar-refractivity contribution in [1.82, 2.24) is 4.90 Å². The van der Waals surface area contributed by atoms with Gasteiger partial charge in [-0.15, -0.1) is 0 Å². The molecule has 1 heterocycles. The maximum absolute atomic E-state index is 13.4. The first-order valence-corrected chi connectivity index (χ1v) is 8.00. The highest BCUT2D eigenvalue weighted by molar-refractivity contribution is 5.70. The maximum atomic E-state index is 13.4. The van der Waals surface area contributed by atoms with E-state index in [1.165, 1.54) is 0 Å². The van der Waals surface area contributed by atoms with Crippen molar-refractivity contribution < 1.29 is 13.5 Å². The zero-order valence-corrected chi connectivity index (χ0v) is 13.9. The number of halogens is 2. The molecule has 0 radical (unpaired) electrons. The smallest absolute Gasteiger partial charge is 0.295 e. The first-order valence-electron chi connectivity index (χ1n) is 8.00.